The zero-order valence-corrected chi connectivity index (χ0v) is 33.9. The Bertz CT molecular complexity index is 1780. The van der Waals surface area contributed by atoms with Crippen molar-refractivity contribution in [2.45, 2.75) is 12.4 Å². The van der Waals surface area contributed by atoms with Crippen LogP contribution < -0.4 is 35.9 Å². The van der Waals surface area contributed by atoms with Crippen LogP contribution in [0.2, 0.25) is 0 Å². The van der Waals surface area contributed by atoms with Crippen LogP contribution in [-0.4, -0.2) is 0 Å². The quantitative estimate of drug-likeness (QED) is 0.0646. The SMILES string of the molecule is FC(F)(F)c1c[c]([Pd][I])cc(C(F)(F)F)c1.c1ccc(P(c2ccccc2)c2ccccc2)cc1.c1ccc(P(c2ccccc2)c2ccccc2)cc1. The van der Waals surface area contributed by atoms with Crippen LogP contribution in [0.1, 0.15) is 11.1 Å². The van der Waals surface area contributed by atoms with Crippen LogP contribution in [0.5, 0.6) is 0 Å². The van der Waals surface area contributed by atoms with Gasteiger partial charge < -0.3 is 0 Å². The molecule has 54 heavy (non-hydrogen) atoms. The van der Waals surface area contributed by atoms with Crippen molar-refractivity contribution in [1.29, 1.82) is 0 Å². The Morgan fingerprint density at radius 1 is 0.333 bits per heavy atom. The van der Waals surface area contributed by atoms with E-state index < -0.39 is 39.3 Å². The summed E-state index contributed by atoms with van der Waals surface area (Å²) in [6.45, 7) is 0. The molecule has 7 rings (SSSR count). The Morgan fingerprint density at radius 3 is 0.704 bits per heavy atom. The Morgan fingerprint density at radius 2 is 0.537 bits per heavy atom. The summed E-state index contributed by atoms with van der Waals surface area (Å²) in [5.74, 6) is 0. The summed E-state index contributed by atoms with van der Waals surface area (Å²) in [7, 11) is -0.892. The summed E-state index contributed by atoms with van der Waals surface area (Å²) in [5, 5.41) is 8.39. The summed E-state index contributed by atoms with van der Waals surface area (Å²) < 4.78 is 73.9. The van der Waals surface area contributed by atoms with Crippen molar-refractivity contribution in [2.75, 3.05) is 0 Å². The van der Waals surface area contributed by atoms with Crippen molar-refractivity contribution in [1.82, 2.24) is 0 Å². The van der Waals surface area contributed by atoms with Crippen LogP contribution in [0.15, 0.2) is 200 Å². The van der Waals surface area contributed by atoms with E-state index in [1.54, 1.807) is 19.5 Å². The molecule has 0 nitrogen and oxygen atoms in total. The number of benzene rings is 7. The van der Waals surface area contributed by atoms with Crippen LogP contribution in [0.25, 0.3) is 0 Å². The Labute approximate surface area is 333 Å². The van der Waals surface area contributed by atoms with Gasteiger partial charge in [0.25, 0.3) is 0 Å². The molecule has 0 saturated heterocycles. The third-order valence-electron chi connectivity index (χ3n) is 7.69. The molecule has 0 aliphatic carbocycles. The smallest absolute Gasteiger partial charge is 0.0134 e. The van der Waals surface area contributed by atoms with Crippen molar-refractivity contribution in [3.05, 3.63) is 211 Å². The first-order chi connectivity index (χ1) is 26.0. The molecule has 7 aromatic rings. The molecule has 0 atom stereocenters. The molecule has 0 N–H and O–H groups in total. The molecule has 0 bridgehead atoms. The van der Waals surface area contributed by atoms with Gasteiger partial charge in [-0.15, -0.1) is 0 Å². The van der Waals surface area contributed by atoms with Crippen LogP contribution in [0.3, 0.4) is 0 Å². The van der Waals surface area contributed by atoms with Gasteiger partial charge in [-0.3, -0.25) is 0 Å². The zero-order chi connectivity index (χ0) is 38.4. The van der Waals surface area contributed by atoms with E-state index in [2.05, 4.69) is 182 Å². The van der Waals surface area contributed by atoms with Gasteiger partial charge in [-0.2, -0.15) is 0 Å². The normalized spacial score (nSPS) is 11.4. The summed E-state index contributed by atoms with van der Waals surface area (Å²) in [5.41, 5.74) is -2.51. The van der Waals surface area contributed by atoms with Crippen molar-refractivity contribution in [3.63, 3.8) is 0 Å². The van der Waals surface area contributed by atoms with Crippen molar-refractivity contribution in [2.24, 2.45) is 0 Å². The van der Waals surface area contributed by atoms with Gasteiger partial charge in [-0.25, -0.2) is 0 Å². The van der Waals surface area contributed by atoms with E-state index in [0.29, 0.717) is 0 Å². The fourth-order valence-electron chi connectivity index (χ4n) is 5.29. The van der Waals surface area contributed by atoms with Gasteiger partial charge in [-0.1, -0.05) is 182 Å². The van der Waals surface area contributed by atoms with Gasteiger partial charge >= 0.3 is 106 Å². The molecule has 0 aromatic heterocycles. The van der Waals surface area contributed by atoms with E-state index in [0.717, 1.165) is 12.1 Å². The summed E-state index contributed by atoms with van der Waals surface area (Å²) >= 11 is 1.42. The predicted molar refractivity (Wildman–Crippen MR) is 220 cm³/mol. The number of halogens is 7. The minimum atomic E-state index is -4.75. The van der Waals surface area contributed by atoms with Crippen LogP contribution in [-0.2, 0) is 26.7 Å². The number of hydrogen-bond acceptors (Lipinski definition) is 0. The second kappa shape index (κ2) is 20.3. The molecule has 10 heteroatoms. The van der Waals surface area contributed by atoms with Crippen LogP contribution in [0, 0.1) is 0 Å². The second-order valence-electron chi connectivity index (χ2n) is 11.4. The molecule has 0 radical (unpaired) electrons. The molecule has 0 saturated carbocycles. The first-order valence-electron chi connectivity index (χ1n) is 16.4. The standard InChI is InChI=1S/2C18H15P.C8H3F6.HI.Pd/c2*1-4-10-16(11-5-1)19(17-12-6-2-7-13-17)18-14-8-3-9-15-18;9-7(10,11)5-2-1-3-6(4-5)8(12,13)14;;/h2*1-15H;2-4H;1H;/q;;;;+1/p-1. The Kier molecular flexibility index (Phi) is 15.6. The number of hydrogen-bond donors (Lipinski definition) is 0. The van der Waals surface area contributed by atoms with E-state index in [4.69, 9.17) is 0 Å². The maximum absolute atomic E-state index is 12.3. The van der Waals surface area contributed by atoms with E-state index in [1.807, 2.05) is 0 Å². The van der Waals surface area contributed by atoms with Gasteiger partial charge in [0.1, 0.15) is 0 Å². The predicted octanol–water partition coefficient (Wildman–Crippen LogP) is 10.7. The second-order valence-corrected chi connectivity index (χ2v) is 19.1. The van der Waals surface area contributed by atoms with E-state index in [-0.39, 0.29) is 24.5 Å². The minimum Gasteiger partial charge on any atom is -0.0622 e. The first-order valence-corrected chi connectivity index (χ1v) is 24.5. The summed E-state index contributed by atoms with van der Waals surface area (Å²) in [6.07, 6.45) is -9.51. The van der Waals surface area contributed by atoms with Gasteiger partial charge in [0.2, 0.25) is 0 Å². The largest absolute Gasteiger partial charge is 0.0622 e. The first kappa shape index (κ1) is 41.5. The van der Waals surface area contributed by atoms with E-state index in [1.165, 1.54) is 31.8 Å². The van der Waals surface area contributed by atoms with Gasteiger partial charge in [-0.05, 0) is 47.7 Å². The van der Waals surface area contributed by atoms with Gasteiger partial charge in [0.05, 0.1) is 0 Å². The average molecular weight is 971 g/mol. The van der Waals surface area contributed by atoms with Crippen molar-refractivity contribution >= 4 is 71.2 Å². The fraction of sp³-hybridized carbons (Fsp3) is 0.0455. The van der Waals surface area contributed by atoms with E-state index in [9.17, 15) is 26.3 Å². The van der Waals surface area contributed by atoms with Crippen molar-refractivity contribution < 1.29 is 40.7 Å². The van der Waals surface area contributed by atoms with Crippen LogP contribution >= 0.6 is 35.4 Å². The molecule has 0 aliphatic heterocycles. The third kappa shape index (κ3) is 12.2. The zero-order valence-electron chi connectivity index (χ0n) is 28.4. The summed E-state index contributed by atoms with van der Waals surface area (Å²) in [6, 6.07) is 66.3. The van der Waals surface area contributed by atoms with Crippen LogP contribution in [0.4, 0.5) is 26.3 Å². The number of rotatable bonds is 7. The molecule has 0 unspecified atom stereocenters. The van der Waals surface area contributed by atoms with E-state index >= 15 is 0 Å². The molecule has 0 fully saturated rings. The minimum absolute atomic E-state index is 0.0525. The maximum Gasteiger partial charge on any atom is -0.0134 e. The fourth-order valence-corrected chi connectivity index (χ4v) is 11.7. The van der Waals surface area contributed by atoms with Gasteiger partial charge in [0, 0.05) is 0 Å². The van der Waals surface area contributed by atoms with Gasteiger partial charge in [0.15, 0.2) is 0 Å². The van der Waals surface area contributed by atoms with Crippen molar-refractivity contribution in [3.8, 4) is 0 Å². The summed E-state index contributed by atoms with van der Waals surface area (Å²) in [4.78, 5) is 0. The molecular weight excluding hydrogens is 938 g/mol. The molecule has 0 amide bonds. The number of alkyl halides is 6. The molecular formula is C44H33F6IP2Pd. The molecule has 0 spiro atoms. The topological polar surface area (TPSA) is 0 Å². The Hall–Kier alpha value is -3.63. The average Bonchev–Trinajstić information content (AvgIpc) is 3.20. The molecule has 0 heterocycles. The molecule has 278 valence electrons. The monoisotopic (exact) mass is 970 g/mol. The Balaban J connectivity index is 0.000000157. The molecule has 7 aromatic carbocycles. The maximum atomic E-state index is 12.3. The molecule has 0 aliphatic rings. The third-order valence-corrected chi connectivity index (χ3v) is 15.7.